The van der Waals surface area contributed by atoms with E-state index in [4.69, 9.17) is 22.1 Å². The molecule has 2 N–H and O–H groups in total. The number of rotatable bonds is 3. The fourth-order valence-electron chi connectivity index (χ4n) is 2.22. The van der Waals surface area contributed by atoms with Crippen molar-refractivity contribution in [1.29, 1.82) is 0 Å². The van der Waals surface area contributed by atoms with Gasteiger partial charge in [0.2, 0.25) is 0 Å². The molecule has 1 fully saturated rings. The molecule has 2 nitrogen and oxygen atoms in total. The van der Waals surface area contributed by atoms with Crippen LogP contribution in [0.3, 0.4) is 0 Å². The average Bonchev–Trinajstić information content (AvgIpc) is 2.75. The molecule has 1 heterocycles. The lowest BCUT2D eigenvalue weighted by Crippen LogP contribution is -2.22. The van der Waals surface area contributed by atoms with E-state index in [9.17, 15) is 0 Å². The second kappa shape index (κ2) is 4.97. The summed E-state index contributed by atoms with van der Waals surface area (Å²) in [7, 11) is 0. The van der Waals surface area contributed by atoms with Crippen molar-refractivity contribution in [3.63, 3.8) is 0 Å². The monoisotopic (exact) mass is 225 g/mol. The quantitative estimate of drug-likeness (QED) is 0.858. The van der Waals surface area contributed by atoms with E-state index in [1.165, 1.54) is 0 Å². The van der Waals surface area contributed by atoms with Gasteiger partial charge in [0.1, 0.15) is 0 Å². The Morgan fingerprint density at radius 2 is 2.27 bits per heavy atom. The van der Waals surface area contributed by atoms with Crippen molar-refractivity contribution in [2.45, 2.75) is 12.3 Å². The maximum absolute atomic E-state index is 6.18. The van der Waals surface area contributed by atoms with Crippen LogP contribution in [0.5, 0.6) is 0 Å². The van der Waals surface area contributed by atoms with Gasteiger partial charge in [0.25, 0.3) is 0 Å². The van der Waals surface area contributed by atoms with Crippen LogP contribution in [0.1, 0.15) is 17.9 Å². The summed E-state index contributed by atoms with van der Waals surface area (Å²) in [5.74, 6) is 0.857. The molecule has 1 saturated heterocycles. The largest absolute Gasteiger partial charge is 0.381 e. The van der Waals surface area contributed by atoms with E-state index in [-0.39, 0.29) is 0 Å². The van der Waals surface area contributed by atoms with Gasteiger partial charge in [-0.1, -0.05) is 29.8 Å². The van der Waals surface area contributed by atoms with E-state index < -0.39 is 0 Å². The molecule has 0 spiro atoms. The molecule has 2 unspecified atom stereocenters. The lowest BCUT2D eigenvalue weighted by molar-refractivity contribution is 0.181. The minimum Gasteiger partial charge on any atom is -0.381 e. The first-order valence-electron chi connectivity index (χ1n) is 5.35. The molecule has 0 aromatic heterocycles. The molecular formula is C12H16ClNO. The lowest BCUT2D eigenvalue weighted by Gasteiger charge is -2.22. The van der Waals surface area contributed by atoms with Gasteiger partial charge >= 0.3 is 0 Å². The first-order chi connectivity index (χ1) is 7.33. The van der Waals surface area contributed by atoms with Crippen molar-refractivity contribution >= 4 is 11.6 Å². The van der Waals surface area contributed by atoms with Gasteiger partial charge in [-0.3, -0.25) is 0 Å². The summed E-state index contributed by atoms with van der Waals surface area (Å²) in [6.07, 6.45) is 1.09. The number of ether oxygens (including phenoxy) is 1. The molecule has 0 aliphatic carbocycles. The zero-order valence-electron chi connectivity index (χ0n) is 8.66. The maximum atomic E-state index is 6.18. The van der Waals surface area contributed by atoms with Crippen LogP contribution in [-0.4, -0.2) is 19.8 Å². The van der Waals surface area contributed by atoms with Crippen LogP contribution >= 0.6 is 11.6 Å². The SMILES string of the molecule is NCC(c1ccccc1Cl)C1CCOC1. The van der Waals surface area contributed by atoms with Gasteiger partial charge in [0.15, 0.2) is 0 Å². The summed E-state index contributed by atoms with van der Waals surface area (Å²) >= 11 is 6.18. The highest BCUT2D eigenvalue weighted by molar-refractivity contribution is 6.31. The third kappa shape index (κ3) is 2.33. The second-order valence-corrected chi connectivity index (χ2v) is 4.39. The van der Waals surface area contributed by atoms with Crippen LogP contribution in [0.2, 0.25) is 5.02 Å². The van der Waals surface area contributed by atoms with E-state index in [1.807, 2.05) is 18.2 Å². The molecule has 1 aromatic carbocycles. The Labute approximate surface area is 95.4 Å². The highest BCUT2D eigenvalue weighted by Crippen LogP contribution is 2.33. The molecule has 0 saturated carbocycles. The Kier molecular flexibility index (Phi) is 3.62. The molecule has 1 aliphatic rings. The van der Waals surface area contributed by atoms with Crippen LogP contribution < -0.4 is 5.73 Å². The summed E-state index contributed by atoms with van der Waals surface area (Å²) in [6.45, 7) is 2.30. The summed E-state index contributed by atoms with van der Waals surface area (Å²) < 4.78 is 5.40. The van der Waals surface area contributed by atoms with Gasteiger partial charge in [0.05, 0.1) is 6.61 Å². The Hall–Kier alpha value is -0.570. The van der Waals surface area contributed by atoms with E-state index in [2.05, 4.69) is 6.07 Å². The Bertz CT molecular complexity index is 323. The minimum absolute atomic E-state index is 0.334. The van der Waals surface area contributed by atoms with Crippen molar-refractivity contribution < 1.29 is 4.74 Å². The maximum Gasteiger partial charge on any atom is 0.0501 e. The fraction of sp³-hybridized carbons (Fsp3) is 0.500. The van der Waals surface area contributed by atoms with Crippen molar-refractivity contribution in [1.82, 2.24) is 0 Å². The average molecular weight is 226 g/mol. The van der Waals surface area contributed by atoms with Crippen molar-refractivity contribution in [2.24, 2.45) is 11.7 Å². The van der Waals surface area contributed by atoms with Crippen LogP contribution in [0, 0.1) is 5.92 Å². The number of benzene rings is 1. The van der Waals surface area contributed by atoms with Gasteiger partial charge in [-0.15, -0.1) is 0 Å². The normalized spacial score (nSPS) is 22.9. The van der Waals surface area contributed by atoms with Crippen LogP contribution in [0.25, 0.3) is 0 Å². The molecule has 2 rings (SSSR count). The van der Waals surface area contributed by atoms with E-state index in [0.717, 1.165) is 30.2 Å². The molecule has 1 aliphatic heterocycles. The Morgan fingerprint density at radius 1 is 1.47 bits per heavy atom. The Morgan fingerprint density at radius 3 is 2.87 bits per heavy atom. The molecule has 0 bridgehead atoms. The minimum atomic E-state index is 0.334. The highest BCUT2D eigenvalue weighted by Gasteiger charge is 2.27. The van der Waals surface area contributed by atoms with E-state index in [1.54, 1.807) is 0 Å². The molecular weight excluding hydrogens is 210 g/mol. The number of nitrogens with two attached hydrogens (primary N) is 1. The number of hydrogen-bond acceptors (Lipinski definition) is 2. The molecule has 0 amide bonds. The third-order valence-electron chi connectivity index (χ3n) is 3.09. The van der Waals surface area contributed by atoms with Crippen LogP contribution in [-0.2, 0) is 4.74 Å². The summed E-state index contributed by atoms with van der Waals surface area (Å²) in [5.41, 5.74) is 7.00. The smallest absolute Gasteiger partial charge is 0.0501 e. The molecule has 15 heavy (non-hydrogen) atoms. The van der Waals surface area contributed by atoms with Gasteiger partial charge < -0.3 is 10.5 Å². The fourth-order valence-corrected chi connectivity index (χ4v) is 2.50. The van der Waals surface area contributed by atoms with Gasteiger partial charge in [-0.2, -0.15) is 0 Å². The summed E-state index contributed by atoms with van der Waals surface area (Å²) in [6, 6.07) is 7.96. The second-order valence-electron chi connectivity index (χ2n) is 3.99. The number of hydrogen-bond donors (Lipinski definition) is 1. The van der Waals surface area contributed by atoms with Crippen molar-refractivity contribution in [3.05, 3.63) is 34.9 Å². The van der Waals surface area contributed by atoms with Crippen molar-refractivity contribution in [2.75, 3.05) is 19.8 Å². The standard InChI is InChI=1S/C12H16ClNO/c13-12-4-2-1-3-10(12)11(7-14)9-5-6-15-8-9/h1-4,9,11H,5-8,14H2. The molecule has 0 radical (unpaired) electrons. The first-order valence-corrected chi connectivity index (χ1v) is 5.73. The topological polar surface area (TPSA) is 35.2 Å². The summed E-state index contributed by atoms with van der Waals surface area (Å²) in [5, 5.41) is 0.819. The zero-order valence-corrected chi connectivity index (χ0v) is 9.41. The van der Waals surface area contributed by atoms with Gasteiger partial charge in [-0.25, -0.2) is 0 Å². The van der Waals surface area contributed by atoms with Gasteiger partial charge in [-0.05, 0) is 30.5 Å². The van der Waals surface area contributed by atoms with Crippen LogP contribution in [0.4, 0.5) is 0 Å². The van der Waals surface area contributed by atoms with Crippen molar-refractivity contribution in [3.8, 4) is 0 Å². The first kappa shape index (κ1) is 10.9. The molecule has 3 heteroatoms. The lowest BCUT2D eigenvalue weighted by atomic mass is 9.85. The van der Waals surface area contributed by atoms with Crippen LogP contribution in [0.15, 0.2) is 24.3 Å². The zero-order chi connectivity index (χ0) is 10.7. The molecule has 82 valence electrons. The highest BCUT2D eigenvalue weighted by atomic mass is 35.5. The number of halogens is 1. The predicted octanol–water partition coefficient (Wildman–Crippen LogP) is 2.42. The summed E-state index contributed by atoms with van der Waals surface area (Å²) in [4.78, 5) is 0. The van der Waals surface area contributed by atoms with E-state index in [0.29, 0.717) is 18.4 Å². The molecule has 1 aromatic rings. The third-order valence-corrected chi connectivity index (χ3v) is 3.44. The van der Waals surface area contributed by atoms with E-state index >= 15 is 0 Å². The molecule has 2 atom stereocenters. The van der Waals surface area contributed by atoms with Gasteiger partial charge in [0, 0.05) is 17.5 Å². The predicted molar refractivity (Wildman–Crippen MR) is 62.2 cm³/mol. The Balaban J connectivity index is 2.22.